The van der Waals surface area contributed by atoms with Crippen molar-refractivity contribution in [2.75, 3.05) is 0 Å². The minimum Gasteiger partial charge on any atom is -0.507 e. The van der Waals surface area contributed by atoms with Gasteiger partial charge >= 0.3 is 5.97 Å². The number of hydrogen-bond donors (Lipinski definition) is 2. The first-order chi connectivity index (χ1) is 9.79. The summed E-state index contributed by atoms with van der Waals surface area (Å²) in [4.78, 5) is 11.7. The second-order valence-corrected chi connectivity index (χ2v) is 6.64. The molecule has 0 aliphatic heterocycles. The predicted molar refractivity (Wildman–Crippen MR) is 84.0 cm³/mol. The van der Waals surface area contributed by atoms with Gasteiger partial charge in [0.05, 0.1) is 5.92 Å². The molecule has 0 bridgehead atoms. The van der Waals surface area contributed by atoms with E-state index < -0.39 is 5.97 Å². The van der Waals surface area contributed by atoms with Crippen LogP contribution < -0.4 is 0 Å². The second-order valence-electron chi connectivity index (χ2n) is 6.64. The quantitative estimate of drug-likeness (QED) is 0.870. The van der Waals surface area contributed by atoms with Crippen molar-refractivity contribution in [3.05, 3.63) is 35.4 Å². The first-order valence-electron chi connectivity index (χ1n) is 7.52. The Balaban J connectivity index is 2.61. The normalized spacial score (nSPS) is 25.0. The molecule has 2 atom stereocenters. The molecule has 21 heavy (non-hydrogen) atoms. The predicted octanol–water partition coefficient (Wildman–Crippen LogP) is 4.32. The van der Waals surface area contributed by atoms with Crippen LogP contribution in [-0.2, 0) is 4.79 Å². The number of carboxylic acids is 1. The Bertz CT molecular complexity index is 584. The number of rotatable bonds is 3. The third-order valence-corrected chi connectivity index (χ3v) is 4.79. The van der Waals surface area contributed by atoms with Gasteiger partial charge in [-0.15, -0.1) is 0 Å². The van der Waals surface area contributed by atoms with E-state index in [0.29, 0.717) is 6.42 Å². The maximum atomic E-state index is 11.7. The number of carboxylic acid groups (broad SMARTS) is 1. The fraction of sp³-hybridized carbons (Fsp3) is 0.500. The van der Waals surface area contributed by atoms with Gasteiger partial charge in [-0.3, -0.25) is 4.79 Å². The van der Waals surface area contributed by atoms with Crippen molar-refractivity contribution in [3.8, 4) is 5.75 Å². The van der Waals surface area contributed by atoms with Crippen LogP contribution in [-0.4, -0.2) is 16.2 Å². The molecule has 0 spiro atoms. The summed E-state index contributed by atoms with van der Waals surface area (Å²) in [6.45, 7) is 8.07. The Hall–Kier alpha value is -1.77. The minimum atomic E-state index is -0.727. The van der Waals surface area contributed by atoms with Crippen LogP contribution in [0.4, 0.5) is 0 Å². The van der Waals surface area contributed by atoms with E-state index in [-0.39, 0.29) is 23.0 Å². The van der Waals surface area contributed by atoms with Crippen molar-refractivity contribution < 1.29 is 15.0 Å². The number of carbonyl (C=O) groups is 1. The first kappa shape index (κ1) is 15.6. The van der Waals surface area contributed by atoms with E-state index in [1.807, 2.05) is 39.0 Å². The van der Waals surface area contributed by atoms with Crippen LogP contribution in [0.15, 0.2) is 29.8 Å². The maximum absolute atomic E-state index is 11.7. The number of phenols is 1. The average molecular weight is 288 g/mol. The zero-order valence-corrected chi connectivity index (χ0v) is 13.2. The van der Waals surface area contributed by atoms with Crippen molar-refractivity contribution >= 4 is 11.5 Å². The van der Waals surface area contributed by atoms with Crippen LogP contribution in [0, 0.1) is 17.3 Å². The molecule has 1 aliphatic carbocycles. The van der Waals surface area contributed by atoms with Gasteiger partial charge in [-0.2, -0.15) is 0 Å². The molecule has 0 saturated heterocycles. The lowest BCUT2D eigenvalue weighted by Gasteiger charge is -2.43. The Kier molecular flexibility index (Phi) is 4.13. The van der Waals surface area contributed by atoms with Gasteiger partial charge in [0.15, 0.2) is 0 Å². The van der Waals surface area contributed by atoms with Crippen LogP contribution in [0.3, 0.4) is 0 Å². The SMILES string of the molecule is CCC1=C(c2ccccc2O)CC(C)(C)C(C(=O)O)C1C. The smallest absolute Gasteiger partial charge is 0.307 e. The van der Waals surface area contributed by atoms with Gasteiger partial charge < -0.3 is 10.2 Å². The fourth-order valence-corrected chi connectivity index (χ4v) is 3.91. The molecule has 0 fully saturated rings. The monoisotopic (exact) mass is 288 g/mol. The van der Waals surface area contributed by atoms with Crippen molar-refractivity contribution in [2.45, 2.75) is 40.5 Å². The largest absolute Gasteiger partial charge is 0.507 e. The summed E-state index contributed by atoms with van der Waals surface area (Å²) >= 11 is 0. The van der Waals surface area contributed by atoms with Crippen LogP contribution in [0.2, 0.25) is 0 Å². The number of aromatic hydroxyl groups is 1. The van der Waals surface area contributed by atoms with Crippen molar-refractivity contribution in [3.63, 3.8) is 0 Å². The minimum absolute atomic E-state index is 0.0224. The highest BCUT2D eigenvalue weighted by Crippen LogP contribution is 2.51. The molecule has 0 heterocycles. The van der Waals surface area contributed by atoms with Gasteiger partial charge in [0, 0.05) is 5.56 Å². The molecule has 1 aromatic rings. The Labute approximate surface area is 126 Å². The third-order valence-electron chi connectivity index (χ3n) is 4.79. The summed E-state index contributed by atoms with van der Waals surface area (Å²) in [6.07, 6.45) is 1.49. The second kappa shape index (κ2) is 5.55. The summed E-state index contributed by atoms with van der Waals surface area (Å²) in [5.41, 5.74) is 2.79. The van der Waals surface area contributed by atoms with E-state index in [1.165, 1.54) is 0 Å². The van der Waals surface area contributed by atoms with Crippen LogP contribution in [0.25, 0.3) is 5.57 Å². The molecular weight excluding hydrogens is 264 g/mol. The molecule has 2 unspecified atom stereocenters. The van der Waals surface area contributed by atoms with Crippen molar-refractivity contribution in [1.82, 2.24) is 0 Å². The van der Waals surface area contributed by atoms with E-state index in [1.54, 1.807) is 6.07 Å². The Morgan fingerprint density at radius 1 is 1.33 bits per heavy atom. The molecule has 0 radical (unpaired) electrons. The molecule has 0 saturated carbocycles. The van der Waals surface area contributed by atoms with Gasteiger partial charge in [0.2, 0.25) is 0 Å². The lowest BCUT2D eigenvalue weighted by atomic mass is 9.60. The molecule has 114 valence electrons. The fourth-order valence-electron chi connectivity index (χ4n) is 3.91. The molecule has 3 nitrogen and oxygen atoms in total. The lowest BCUT2D eigenvalue weighted by Crippen LogP contribution is -2.40. The highest BCUT2D eigenvalue weighted by Gasteiger charge is 2.45. The van der Waals surface area contributed by atoms with Gasteiger partial charge in [0.25, 0.3) is 0 Å². The summed E-state index contributed by atoms with van der Waals surface area (Å²) in [7, 11) is 0. The third kappa shape index (κ3) is 2.69. The average Bonchev–Trinajstić information content (AvgIpc) is 2.37. The molecule has 0 amide bonds. The number of phenolic OH excluding ortho intramolecular Hbond substituents is 1. The van der Waals surface area contributed by atoms with Crippen LogP contribution in [0.5, 0.6) is 5.75 Å². The highest BCUT2D eigenvalue weighted by molar-refractivity contribution is 5.79. The summed E-state index contributed by atoms with van der Waals surface area (Å²) < 4.78 is 0. The molecule has 0 aromatic heterocycles. The van der Waals surface area contributed by atoms with E-state index in [9.17, 15) is 15.0 Å². The highest BCUT2D eigenvalue weighted by atomic mass is 16.4. The van der Waals surface area contributed by atoms with Gasteiger partial charge in [0.1, 0.15) is 5.75 Å². The zero-order chi connectivity index (χ0) is 15.8. The molecule has 1 aliphatic rings. The summed E-state index contributed by atoms with van der Waals surface area (Å²) in [5, 5.41) is 19.8. The zero-order valence-electron chi connectivity index (χ0n) is 13.2. The summed E-state index contributed by atoms with van der Waals surface area (Å²) in [6, 6.07) is 7.33. The molecular formula is C18H24O3. The standard InChI is InChI=1S/C18H24O3/c1-5-12-11(2)16(17(20)21)18(3,4)10-14(12)13-8-6-7-9-15(13)19/h6-9,11,16,19H,5,10H2,1-4H3,(H,20,21). The van der Waals surface area contributed by atoms with Crippen molar-refractivity contribution in [1.29, 1.82) is 0 Å². The number of hydrogen-bond acceptors (Lipinski definition) is 2. The van der Waals surface area contributed by atoms with E-state index in [0.717, 1.165) is 23.1 Å². The lowest BCUT2D eigenvalue weighted by molar-refractivity contribution is -0.148. The van der Waals surface area contributed by atoms with Gasteiger partial charge in [-0.1, -0.05) is 51.5 Å². The first-order valence-corrected chi connectivity index (χ1v) is 7.52. The number of aliphatic carboxylic acids is 1. The number of allylic oxidation sites excluding steroid dienone is 2. The molecule has 2 rings (SSSR count). The molecule has 2 N–H and O–H groups in total. The van der Waals surface area contributed by atoms with Gasteiger partial charge in [-0.05, 0) is 35.8 Å². The molecule has 3 heteroatoms. The number of para-hydroxylation sites is 1. The Morgan fingerprint density at radius 3 is 2.48 bits per heavy atom. The van der Waals surface area contributed by atoms with Gasteiger partial charge in [-0.25, -0.2) is 0 Å². The van der Waals surface area contributed by atoms with Crippen LogP contribution >= 0.6 is 0 Å². The van der Waals surface area contributed by atoms with E-state index in [2.05, 4.69) is 6.92 Å². The van der Waals surface area contributed by atoms with Crippen LogP contribution in [0.1, 0.15) is 46.1 Å². The maximum Gasteiger partial charge on any atom is 0.307 e. The van der Waals surface area contributed by atoms with Crippen molar-refractivity contribution in [2.24, 2.45) is 17.3 Å². The van der Waals surface area contributed by atoms with E-state index >= 15 is 0 Å². The Morgan fingerprint density at radius 2 is 1.95 bits per heavy atom. The van der Waals surface area contributed by atoms with E-state index in [4.69, 9.17) is 0 Å². The topological polar surface area (TPSA) is 57.5 Å². The summed E-state index contributed by atoms with van der Waals surface area (Å²) in [5.74, 6) is -0.863. The number of benzene rings is 1. The molecule has 1 aromatic carbocycles.